The first-order valence-electron chi connectivity index (χ1n) is 5.06. The van der Waals surface area contributed by atoms with Crippen LogP contribution in [-0.4, -0.2) is 19.5 Å². The molecule has 0 rings (SSSR count). The molecule has 13 heavy (non-hydrogen) atoms. The maximum atomic E-state index is 10.3. The monoisotopic (exact) mass is 186 g/mol. The van der Waals surface area contributed by atoms with E-state index in [9.17, 15) is 4.79 Å². The summed E-state index contributed by atoms with van der Waals surface area (Å²) in [6, 6.07) is 0. The number of methoxy groups -OCH3 is 1. The molecule has 2 atom stereocenters. The van der Waals surface area contributed by atoms with Crippen molar-refractivity contribution in [2.45, 2.75) is 46.1 Å². The van der Waals surface area contributed by atoms with Crippen LogP contribution in [0.2, 0.25) is 0 Å². The van der Waals surface area contributed by atoms with Crippen LogP contribution < -0.4 is 0 Å². The van der Waals surface area contributed by atoms with Crippen LogP contribution in [0.15, 0.2) is 0 Å². The van der Waals surface area contributed by atoms with Gasteiger partial charge in [0.1, 0.15) is 6.29 Å². The summed E-state index contributed by atoms with van der Waals surface area (Å²) in [6.07, 6.45) is 3.78. The first-order valence-corrected chi connectivity index (χ1v) is 5.06. The highest BCUT2D eigenvalue weighted by Crippen LogP contribution is 2.18. The second-order valence-corrected chi connectivity index (χ2v) is 4.23. The number of carbonyl (C=O) groups is 1. The van der Waals surface area contributed by atoms with Gasteiger partial charge in [-0.3, -0.25) is 0 Å². The lowest BCUT2D eigenvalue weighted by atomic mass is 9.93. The third-order valence-corrected chi connectivity index (χ3v) is 2.23. The number of hydrogen-bond donors (Lipinski definition) is 0. The van der Waals surface area contributed by atoms with Gasteiger partial charge in [-0.25, -0.2) is 0 Å². The van der Waals surface area contributed by atoms with E-state index in [1.165, 1.54) is 6.42 Å². The molecule has 0 aliphatic carbocycles. The smallest absolute Gasteiger partial charge is 0.122 e. The van der Waals surface area contributed by atoms with Crippen LogP contribution >= 0.6 is 0 Å². The van der Waals surface area contributed by atoms with Crippen molar-refractivity contribution in [3.8, 4) is 0 Å². The van der Waals surface area contributed by atoms with Crippen LogP contribution in [0.4, 0.5) is 0 Å². The van der Waals surface area contributed by atoms with Gasteiger partial charge < -0.3 is 9.53 Å². The van der Waals surface area contributed by atoms with Crippen LogP contribution in [0.5, 0.6) is 0 Å². The Balaban J connectivity index is 3.71. The molecule has 0 N–H and O–H groups in total. The SMILES string of the molecule is COC(CC=O)CC(C)CC(C)C. The molecule has 0 saturated carbocycles. The Labute approximate surface area is 81.7 Å². The molecule has 0 amide bonds. The van der Waals surface area contributed by atoms with E-state index < -0.39 is 0 Å². The summed E-state index contributed by atoms with van der Waals surface area (Å²) >= 11 is 0. The Hall–Kier alpha value is -0.370. The van der Waals surface area contributed by atoms with Gasteiger partial charge >= 0.3 is 0 Å². The summed E-state index contributed by atoms with van der Waals surface area (Å²) in [6.45, 7) is 6.66. The Morgan fingerprint density at radius 2 is 1.85 bits per heavy atom. The molecule has 0 heterocycles. The van der Waals surface area contributed by atoms with Crippen molar-refractivity contribution >= 4 is 6.29 Å². The minimum atomic E-state index is 0.117. The predicted molar refractivity (Wildman–Crippen MR) is 54.7 cm³/mol. The van der Waals surface area contributed by atoms with Crippen molar-refractivity contribution in [1.29, 1.82) is 0 Å². The summed E-state index contributed by atoms with van der Waals surface area (Å²) in [5.41, 5.74) is 0. The minimum absolute atomic E-state index is 0.117. The summed E-state index contributed by atoms with van der Waals surface area (Å²) in [4.78, 5) is 10.3. The van der Waals surface area contributed by atoms with Crippen LogP contribution in [0.1, 0.15) is 40.0 Å². The summed E-state index contributed by atoms with van der Waals surface area (Å²) in [5.74, 6) is 1.37. The standard InChI is InChI=1S/C11H22O2/c1-9(2)7-10(3)8-11(13-4)5-6-12/h6,9-11H,5,7-8H2,1-4H3. The van der Waals surface area contributed by atoms with Gasteiger partial charge in [0, 0.05) is 13.5 Å². The molecule has 0 aromatic carbocycles. The molecule has 2 heteroatoms. The highest BCUT2D eigenvalue weighted by Gasteiger charge is 2.12. The minimum Gasteiger partial charge on any atom is -0.381 e. The van der Waals surface area contributed by atoms with E-state index in [1.54, 1.807) is 7.11 Å². The lowest BCUT2D eigenvalue weighted by Gasteiger charge is -2.19. The lowest BCUT2D eigenvalue weighted by molar-refractivity contribution is -0.110. The van der Waals surface area contributed by atoms with Crippen LogP contribution in [-0.2, 0) is 9.53 Å². The Bertz CT molecular complexity index is 132. The van der Waals surface area contributed by atoms with Gasteiger partial charge in [-0.1, -0.05) is 20.8 Å². The van der Waals surface area contributed by atoms with Crippen molar-refractivity contribution < 1.29 is 9.53 Å². The summed E-state index contributed by atoms with van der Waals surface area (Å²) < 4.78 is 5.21. The fraction of sp³-hybridized carbons (Fsp3) is 0.909. The van der Waals surface area contributed by atoms with Crippen molar-refractivity contribution in [2.24, 2.45) is 11.8 Å². The van der Waals surface area contributed by atoms with Crippen LogP contribution in [0.3, 0.4) is 0 Å². The third kappa shape index (κ3) is 6.76. The van der Waals surface area contributed by atoms with Gasteiger partial charge in [-0.05, 0) is 24.7 Å². The molecule has 0 aromatic rings. The third-order valence-electron chi connectivity index (χ3n) is 2.23. The maximum Gasteiger partial charge on any atom is 0.122 e. The highest BCUT2D eigenvalue weighted by atomic mass is 16.5. The highest BCUT2D eigenvalue weighted by molar-refractivity contribution is 5.50. The zero-order valence-corrected chi connectivity index (χ0v) is 9.25. The molecule has 0 aliphatic heterocycles. The first kappa shape index (κ1) is 12.6. The second kappa shape index (κ2) is 7.07. The molecule has 0 bridgehead atoms. The van der Waals surface area contributed by atoms with E-state index in [1.807, 2.05) is 0 Å². The largest absolute Gasteiger partial charge is 0.381 e. The Kier molecular flexibility index (Phi) is 6.87. The predicted octanol–water partition coefficient (Wildman–Crippen LogP) is 2.66. The number of rotatable bonds is 7. The molecule has 0 spiro atoms. The summed E-state index contributed by atoms with van der Waals surface area (Å²) in [5, 5.41) is 0. The molecule has 0 saturated heterocycles. The average molecular weight is 186 g/mol. The van der Waals surface area contributed by atoms with E-state index in [-0.39, 0.29) is 6.10 Å². The van der Waals surface area contributed by atoms with Crippen molar-refractivity contribution in [3.05, 3.63) is 0 Å². The van der Waals surface area contributed by atoms with E-state index in [4.69, 9.17) is 4.74 Å². The average Bonchev–Trinajstić information content (AvgIpc) is 2.02. The molecular weight excluding hydrogens is 164 g/mol. The van der Waals surface area contributed by atoms with E-state index in [0.717, 1.165) is 18.6 Å². The molecular formula is C11H22O2. The lowest BCUT2D eigenvalue weighted by Crippen LogP contribution is -2.16. The number of carbonyl (C=O) groups excluding carboxylic acids is 1. The number of hydrogen-bond acceptors (Lipinski definition) is 2. The van der Waals surface area contributed by atoms with Crippen molar-refractivity contribution in [2.75, 3.05) is 7.11 Å². The summed E-state index contributed by atoms with van der Waals surface area (Å²) in [7, 11) is 1.68. The molecule has 0 aliphatic rings. The number of aldehydes is 1. The number of ether oxygens (including phenoxy) is 1. The molecule has 2 unspecified atom stereocenters. The van der Waals surface area contributed by atoms with Crippen LogP contribution in [0.25, 0.3) is 0 Å². The molecule has 2 nitrogen and oxygen atoms in total. The Morgan fingerprint density at radius 3 is 2.23 bits per heavy atom. The van der Waals surface area contributed by atoms with Crippen molar-refractivity contribution in [1.82, 2.24) is 0 Å². The normalized spacial score (nSPS) is 15.8. The van der Waals surface area contributed by atoms with Crippen molar-refractivity contribution in [3.63, 3.8) is 0 Å². The molecule has 0 radical (unpaired) electrons. The van der Waals surface area contributed by atoms with Gasteiger partial charge in [0.15, 0.2) is 0 Å². The van der Waals surface area contributed by atoms with E-state index >= 15 is 0 Å². The molecule has 0 aromatic heterocycles. The fourth-order valence-corrected chi connectivity index (χ4v) is 1.75. The van der Waals surface area contributed by atoms with E-state index in [2.05, 4.69) is 20.8 Å². The van der Waals surface area contributed by atoms with Gasteiger partial charge in [0.05, 0.1) is 6.10 Å². The molecule has 78 valence electrons. The quantitative estimate of drug-likeness (QED) is 0.571. The van der Waals surface area contributed by atoms with Crippen LogP contribution in [0, 0.1) is 11.8 Å². The second-order valence-electron chi connectivity index (χ2n) is 4.23. The fourth-order valence-electron chi connectivity index (χ4n) is 1.75. The van der Waals surface area contributed by atoms with E-state index in [0.29, 0.717) is 12.3 Å². The zero-order chi connectivity index (χ0) is 10.3. The Morgan fingerprint density at radius 1 is 1.23 bits per heavy atom. The van der Waals surface area contributed by atoms with Gasteiger partial charge in [-0.15, -0.1) is 0 Å². The zero-order valence-electron chi connectivity index (χ0n) is 9.25. The maximum absolute atomic E-state index is 10.3. The van der Waals surface area contributed by atoms with Gasteiger partial charge in [0.25, 0.3) is 0 Å². The van der Waals surface area contributed by atoms with Gasteiger partial charge in [0.2, 0.25) is 0 Å². The van der Waals surface area contributed by atoms with Gasteiger partial charge in [-0.2, -0.15) is 0 Å². The first-order chi connectivity index (χ1) is 6.10. The molecule has 0 fully saturated rings. The topological polar surface area (TPSA) is 26.3 Å².